The molecule has 1 unspecified atom stereocenters. The van der Waals surface area contributed by atoms with Gasteiger partial charge in [-0.15, -0.1) is 12.4 Å². The Labute approximate surface area is 137 Å². The lowest BCUT2D eigenvalue weighted by atomic mass is 9.98. The smallest absolute Gasteiger partial charge is 0.251 e. The van der Waals surface area contributed by atoms with Crippen LogP contribution in [0, 0.1) is 6.92 Å². The number of halogens is 2. The fourth-order valence-corrected chi connectivity index (χ4v) is 2.73. The van der Waals surface area contributed by atoms with Crippen LogP contribution in [0.2, 0.25) is 5.02 Å². The largest absolute Gasteiger partial charge is 0.383 e. The molecule has 1 saturated heterocycles. The molecule has 6 heteroatoms. The molecule has 0 radical (unpaired) electrons. The van der Waals surface area contributed by atoms with E-state index in [4.69, 9.17) is 16.3 Å². The van der Waals surface area contributed by atoms with Gasteiger partial charge >= 0.3 is 0 Å². The summed E-state index contributed by atoms with van der Waals surface area (Å²) in [5, 5.41) is 7.10. The maximum Gasteiger partial charge on any atom is 0.251 e. The van der Waals surface area contributed by atoms with Crippen molar-refractivity contribution < 1.29 is 9.53 Å². The Morgan fingerprint density at radius 3 is 2.86 bits per heavy atom. The summed E-state index contributed by atoms with van der Waals surface area (Å²) in [5.41, 5.74) is 1.41. The summed E-state index contributed by atoms with van der Waals surface area (Å²) in [6.45, 7) is 4.04. The highest BCUT2D eigenvalue weighted by molar-refractivity contribution is 6.31. The molecular weight excluding hydrogens is 311 g/mol. The van der Waals surface area contributed by atoms with Gasteiger partial charge in [0.1, 0.15) is 0 Å². The number of amides is 1. The van der Waals surface area contributed by atoms with Crippen molar-refractivity contribution >= 4 is 29.9 Å². The molecule has 0 saturated carbocycles. The molecule has 2 N–H and O–H groups in total. The predicted molar refractivity (Wildman–Crippen MR) is 87.6 cm³/mol. The number of methoxy groups -OCH3 is 1. The van der Waals surface area contributed by atoms with Gasteiger partial charge in [0.2, 0.25) is 0 Å². The molecule has 0 spiro atoms. The summed E-state index contributed by atoms with van der Waals surface area (Å²) in [7, 11) is 1.69. The standard InChI is InChI=1S/C15H21ClN2O2.ClH/c1-11-8-12(4-5-13(11)16)14(19)17-9-15(10-20-2)6-3-7-18-15;/h4-5,8,18H,3,6-7,9-10H2,1-2H3,(H,17,19);1H. The Balaban J connectivity index is 0.00000220. The summed E-state index contributed by atoms with van der Waals surface area (Å²) in [6, 6.07) is 5.31. The minimum absolute atomic E-state index is 0. The monoisotopic (exact) mass is 332 g/mol. The van der Waals surface area contributed by atoms with E-state index in [0.717, 1.165) is 24.9 Å². The normalized spacial score (nSPS) is 20.9. The molecule has 0 aromatic heterocycles. The first-order chi connectivity index (χ1) is 9.56. The number of carbonyl (C=O) groups is 1. The summed E-state index contributed by atoms with van der Waals surface area (Å²) in [6.07, 6.45) is 2.13. The van der Waals surface area contributed by atoms with Crippen LogP contribution < -0.4 is 10.6 Å². The van der Waals surface area contributed by atoms with E-state index in [-0.39, 0.29) is 23.9 Å². The number of nitrogens with one attached hydrogen (secondary N) is 2. The van der Waals surface area contributed by atoms with E-state index in [1.165, 1.54) is 0 Å². The Kier molecular flexibility index (Phi) is 6.94. The maximum atomic E-state index is 12.2. The molecule has 1 aromatic rings. The molecular formula is C15H22Cl2N2O2. The second-order valence-corrected chi connectivity index (χ2v) is 5.80. The van der Waals surface area contributed by atoms with Gasteiger partial charge in [-0.1, -0.05) is 11.6 Å². The lowest BCUT2D eigenvalue weighted by Gasteiger charge is -2.29. The van der Waals surface area contributed by atoms with E-state index < -0.39 is 0 Å². The van der Waals surface area contributed by atoms with Gasteiger partial charge in [0.15, 0.2) is 0 Å². The maximum absolute atomic E-state index is 12.2. The number of hydrogen-bond donors (Lipinski definition) is 2. The Bertz CT molecular complexity index is 489. The zero-order valence-electron chi connectivity index (χ0n) is 12.4. The Morgan fingerprint density at radius 2 is 2.29 bits per heavy atom. The molecule has 4 nitrogen and oxygen atoms in total. The van der Waals surface area contributed by atoms with Crippen molar-refractivity contribution in [3.63, 3.8) is 0 Å². The summed E-state index contributed by atoms with van der Waals surface area (Å²) >= 11 is 5.97. The highest BCUT2D eigenvalue weighted by atomic mass is 35.5. The average molecular weight is 333 g/mol. The van der Waals surface area contributed by atoms with E-state index in [1.807, 2.05) is 13.0 Å². The number of hydrogen-bond acceptors (Lipinski definition) is 3. The van der Waals surface area contributed by atoms with Gasteiger partial charge in [0, 0.05) is 24.2 Å². The van der Waals surface area contributed by atoms with Crippen molar-refractivity contribution in [2.75, 3.05) is 26.8 Å². The van der Waals surface area contributed by atoms with Crippen molar-refractivity contribution in [2.45, 2.75) is 25.3 Å². The van der Waals surface area contributed by atoms with E-state index in [9.17, 15) is 4.79 Å². The second kappa shape index (κ2) is 7.99. The van der Waals surface area contributed by atoms with Gasteiger partial charge in [0.25, 0.3) is 5.91 Å². The minimum Gasteiger partial charge on any atom is -0.383 e. The zero-order chi connectivity index (χ0) is 14.6. The first-order valence-electron chi connectivity index (χ1n) is 6.85. The van der Waals surface area contributed by atoms with Gasteiger partial charge in [-0.2, -0.15) is 0 Å². The molecule has 21 heavy (non-hydrogen) atoms. The average Bonchev–Trinajstić information content (AvgIpc) is 2.89. The van der Waals surface area contributed by atoms with Crippen LogP contribution in [0.15, 0.2) is 18.2 Å². The van der Waals surface area contributed by atoms with E-state index in [1.54, 1.807) is 19.2 Å². The molecule has 0 bridgehead atoms. The molecule has 1 aromatic carbocycles. The van der Waals surface area contributed by atoms with Crippen LogP contribution >= 0.6 is 24.0 Å². The lowest BCUT2D eigenvalue weighted by molar-refractivity contribution is 0.0892. The van der Waals surface area contributed by atoms with Crippen LogP contribution in [0.3, 0.4) is 0 Å². The summed E-state index contributed by atoms with van der Waals surface area (Å²) in [4.78, 5) is 12.2. The van der Waals surface area contributed by atoms with Gasteiger partial charge < -0.3 is 15.4 Å². The van der Waals surface area contributed by atoms with Crippen molar-refractivity contribution in [1.29, 1.82) is 0 Å². The molecule has 1 aliphatic rings. The SMILES string of the molecule is COCC1(CNC(=O)c2ccc(Cl)c(C)c2)CCCN1.Cl. The van der Waals surface area contributed by atoms with Gasteiger partial charge in [-0.05, 0) is 50.1 Å². The predicted octanol–water partition coefficient (Wildman–Crippen LogP) is 2.57. The highest BCUT2D eigenvalue weighted by Gasteiger charge is 2.33. The van der Waals surface area contributed by atoms with Crippen LogP contribution in [0.1, 0.15) is 28.8 Å². The lowest BCUT2D eigenvalue weighted by Crippen LogP contribution is -2.53. The van der Waals surface area contributed by atoms with Gasteiger partial charge in [-0.25, -0.2) is 0 Å². The van der Waals surface area contributed by atoms with Crippen LogP contribution in [-0.4, -0.2) is 38.3 Å². The van der Waals surface area contributed by atoms with Crippen LogP contribution in [-0.2, 0) is 4.74 Å². The topological polar surface area (TPSA) is 50.4 Å². The fraction of sp³-hybridized carbons (Fsp3) is 0.533. The minimum atomic E-state index is -0.133. The molecule has 1 atom stereocenters. The molecule has 1 heterocycles. The van der Waals surface area contributed by atoms with E-state index in [0.29, 0.717) is 23.7 Å². The number of benzene rings is 1. The van der Waals surface area contributed by atoms with Gasteiger partial charge in [0.05, 0.1) is 12.1 Å². The molecule has 2 rings (SSSR count). The number of carbonyl (C=O) groups excluding carboxylic acids is 1. The molecule has 0 aliphatic carbocycles. The molecule has 1 fully saturated rings. The zero-order valence-corrected chi connectivity index (χ0v) is 13.9. The van der Waals surface area contributed by atoms with Crippen LogP contribution in [0.5, 0.6) is 0 Å². The quantitative estimate of drug-likeness (QED) is 0.871. The summed E-state index contributed by atoms with van der Waals surface area (Å²) < 4.78 is 5.27. The van der Waals surface area contributed by atoms with Gasteiger partial charge in [-0.3, -0.25) is 4.79 Å². The molecule has 1 amide bonds. The van der Waals surface area contributed by atoms with Crippen molar-refractivity contribution in [2.24, 2.45) is 0 Å². The second-order valence-electron chi connectivity index (χ2n) is 5.39. The first kappa shape index (κ1) is 18.2. The van der Waals surface area contributed by atoms with Crippen molar-refractivity contribution in [3.8, 4) is 0 Å². The van der Waals surface area contributed by atoms with E-state index in [2.05, 4.69) is 10.6 Å². The van der Waals surface area contributed by atoms with E-state index >= 15 is 0 Å². The third-order valence-electron chi connectivity index (χ3n) is 3.76. The Morgan fingerprint density at radius 1 is 1.52 bits per heavy atom. The van der Waals surface area contributed by atoms with Crippen LogP contribution in [0.25, 0.3) is 0 Å². The third-order valence-corrected chi connectivity index (χ3v) is 4.18. The summed E-state index contributed by atoms with van der Waals surface area (Å²) in [5.74, 6) is -0.0751. The molecule has 118 valence electrons. The van der Waals surface area contributed by atoms with Crippen LogP contribution in [0.4, 0.5) is 0 Å². The molecule has 1 aliphatic heterocycles. The fourth-order valence-electron chi connectivity index (χ4n) is 2.61. The highest BCUT2D eigenvalue weighted by Crippen LogP contribution is 2.20. The first-order valence-corrected chi connectivity index (χ1v) is 7.22. The Hall–Kier alpha value is -0.810. The van der Waals surface area contributed by atoms with Crippen molar-refractivity contribution in [1.82, 2.24) is 10.6 Å². The van der Waals surface area contributed by atoms with Crippen molar-refractivity contribution in [3.05, 3.63) is 34.3 Å². The number of aryl methyl sites for hydroxylation is 1. The number of ether oxygens (including phenoxy) is 1. The number of rotatable bonds is 5. The third kappa shape index (κ3) is 4.58.